The van der Waals surface area contributed by atoms with Gasteiger partial charge >= 0.3 is 0 Å². The third-order valence-corrected chi connectivity index (χ3v) is 4.74. The van der Waals surface area contributed by atoms with Crippen molar-refractivity contribution in [1.29, 1.82) is 0 Å². The molecule has 0 saturated carbocycles. The van der Waals surface area contributed by atoms with Crippen molar-refractivity contribution in [1.82, 2.24) is 10.2 Å². The van der Waals surface area contributed by atoms with Gasteiger partial charge in [0.2, 0.25) is 11.8 Å². The van der Waals surface area contributed by atoms with Crippen molar-refractivity contribution in [3.63, 3.8) is 0 Å². The summed E-state index contributed by atoms with van der Waals surface area (Å²) in [6.07, 6.45) is 0.441. The van der Waals surface area contributed by atoms with Crippen molar-refractivity contribution in [3.8, 4) is 0 Å². The van der Waals surface area contributed by atoms with Gasteiger partial charge in [-0.25, -0.2) is 0 Å². The fraction of sp³-hybridized carbons (Fsp3) is 0.500. The number of rotatable bonds is 5. The van der Waals surface area contributed by atoms with Crippen LogP contribution in [0, 0.1) is 0 Å². The molecule has 2 amide bonds. The van der Waals surface area contributed by atoms with E-state index in [4.69, 9.17) is 0 Å². The molecule has 1 aliphatic heterocycles. The Balaban J connectivity index is 1.90. The second-order valence-electron chi connectivity index (χ2n) is 5.51. The van der Waals surface area contributed by atoms with E-state index in [1.165, 1.54) is 0 Å². The molecule has 1 atom stereocenters. The van der Waals surface area contributed by atoms with Crippen molar-refractivity contribution in [2.75, 3.05) is 30.6 Å². The molecule has 0 aromatic heterocycles. The van der Waals surface area contributed by atoms with E-state index in [1.807, 2.05) is 50.2 Å². The maximum Gasteiger partial charge on any atom is 0.243 e. The monoisotopic (exact) mass is 321 g/mol. The smallest absolute Gasteiger partial charge is 0.243 e. The normalized spacial score (nSPS) is 17.4. The zero-order valence-corrected chi connectivity index (χ0v) is 14.2. The van der Waals surface area contributed by atoms with E-state index in [-0.39, 0.29) is 17.9 Å². The summed E-state index contributed by atoms with van der Waals surface area (Å²) in [5.74, 6) is 1.27. The van der Waals surface area contributed by atoms with Crippen LogP contribution >= 0.6 is 11.8 Å². The minimum absolute atomic E-state index is 0.0421. The van der Waals surface area contributed by atoms with Crippen LogP contribution in [0.25, 0.3) is 0 Å². The van der Waals surface area contributed by atoms with Gasteiger partial charge in [-0.2, -0.15) is 0 Å². The Kier molecular flexibility index (Phi) is 5.71. The maximum atomic E-state index is 12.3. The van der Waals surface area contributed by atoms with Gasteiger partial charge < -0.3 is 15.1 Å². The second-order valence-corrected chi connectivity index (χ2v) is 6.51. The molecule has 0 unspecified atom stereocenters. The van der Waals surface area contributed by atoms with Gasteiger partial charge in [0.15, 0.2) is 0 Å². The highest BCUT2D eigenvalue weighted by molar-refractivity contribution is 7.99. The summed E-state index contributed by atoms with van der Waals surface area (Å²) >= 11 is 1.63. The molecule has 120 valence electrons. The Bertz CT molecular complexity index is 531. The number of carbonyl (C=O) groups is 2. The number of nitrogens with one attached hydrogen (secondary N) is 1. The Morgan fingerprint density at radius 2 is 2.00 bits per heavy atom. The van der Waals surface area contributed by atoms with Crippen LogP contribution in [0.15, 0.2) is 24.3 Å². The molecular weight excluding hydrogens is 298 g/mol. The van der Waals surface area contributed by atoms with Crippen LogP contribution in [-0.4, -0.2) is 48.5 Å². The molecule has 1 saturated heterocycles. The molecule has 0 bridgehead atoms. The zero-order chi connectivity index (χ0) is 16.1. The largest absolute Gasteiger partial charge is 0.378 e. The summed E-state index contributed by atoms with van der Waals surface area (Å²) < 4.78 is 0. The van der Waals surface area contributed by atoms with Crippen LogP contribution in [0.4, 0.5) is 5.69 Å². The van der Waals surface area contributed by atoms with Crippen LogP contribution < -0.4 is 10.2 Å². The van der Waals surface area contributed by atoms with Crippen molar-refractivity contribution in [2.24, 2.45) is 0 Å². The Morgan fingerprint density at radius 1 is 1.32 bits per heavy atom. The number of hydrogen-bond donors (Lipinski definition) is 1. The van der Waals surface area contributed by atoms with Gasteiger partial charge in [0, 0.05) is 38.5 Å². The molecule has 1 aliphatic rings. The van der Waals surface area contributed by atoms with Crippen LogP contribution in [0.3, 0.4) is 0 Å². The molecular formula is C16H23N3O2S. The van der Waals surface area contributed by atoms with Gasteiger partial charge in [0.25, 0.3) is 0 Å². The Hall–Kier alpha value is -1.69. The van der Waals surface area contributed by atoms with Crippen LogP contribution in [-0.2, 0) is 16.1 Å². The number of thioether (sulfide) groups is 1. The van der Waals surface area contributed by atoms with Gasteiger partial charge in [-0.3, -0.25) is 9.59 Å². The molecule has 22 heavy (non-hydrogen) atoms. The van der Waals surface area contributed by atoms with E-state index >= 15 is 0 Å². The van der Waals surface area contributed by atoms with Gasteiger partial charge in [-0.05, 0) is 17.7 Å². The first-order valence-corrected chi connectivity index (χ1v) is 8.59. The van der Waals surface area contributed by atoms with Crippen LogP contribution in [0.5, 0.6) is 0 Å². The highest BCUT2D eigenvalue weighted by Gasteiger charge is 2.33. The molecule has 1 N–H and O–H groups in total. The number of nitrogens with zero attached hydrogens (tertiary/aromatic N) is 2. The summed E-state index contributed by atoms with van der Waals surface area (Å²) in [5, 5.41) is 2.94. The predicted molar refractivity (Wildman–Crippen MR) is 90.9 cm³/mol. The van der Waals surface area contributed by atoms with Crippen LogP contribution in [0.2, 0.25) is 0 Å². The predicted octanol–water partition coefficient (Wildman–Crippen LogP) is 1.68. The summed E-state index contributed by atoms with van der Waals surface area (Å²) in [7, 11) is 3.99. The van der Waals surface area contributed by atoms with Gasteiger partial charge in [-0.1, -0.05) is 19.1 Å². The Morgan fingerprint density at radius 3 is 2.59 bits per heavy atom. The molecule has 1 fully saturated rings. The van der Waals surface area contributed by atoms with E-state index < -0.39 is 0 Å². The first-order valence-electron chi connectivity index (χ1n) is 7.44. The molecule has 0 aliphatic carbocycles. The standard InChI is InChI=1S/C16H23N3O2S/c1-4-15(20)19-11-22-10-14(19)16(21)17-9-12-5-7-13(8-6-12)18(2)3/h5-8,14H,4,9-11H2,1-3H3,(H,17,21)/t14-/m0/s1. The van der Waals surface area contributed by atoms with E-state index in [0.717, 1.165) is 11.3 Å². The van der Waals surface area contributed by atoms with E-state index in [9.17, 15) is 9.59 Å². The minimum atomic E-state index is -0.335. The van der Waals surface area contributed by atoms with Crippen molar-refractivity contribution < 1.29 is 9.59 Å². The number of amides is 2. The average Bonchev–Trinajstić information content (AvgIpc) is 3.01. The lowest BCUT2D eigenvalue weighted by atomic mass is 10.2. The molecule has 2 rings (SSSR count). The maximum absolute atomic E-state index is 12.3. The number of hydrogen-bond acceptors (Lipinski definition) is 4. The molecule has 0 radical (unpaired) electrons. The number of anilines is 1. The minimum Gasteiger partial charge on any atom is -0.378 e. The highest BCUT2D eigenvalue weighted by Crippen LogP contribution is 2.22. The topological polar surface area (TPSA) is 52.7 Å². The summed E-state index contributed by atoms with van der Waals surface area (Å²) in [4.78, 5) is 27.8. The fourth-order valence-corrected chi connectivity index (χ4v) is 3.51. The summed E-state index contributed by atoms with van der Waals surface area (Å²) in [5.41, 5.74) is 2.18. The lowest BCUT2D eigenvalue weighted by Crippen LogP contribution is -2.46. The molecule has 1 heterocycles. The van der Waals surface area contributed by atoms with Gasteiger partial charge in [0.05, 0.1) is 5.88 Å². The first-order chi connectivity index (χ1) is 10.5. The van der Waals surface area contributed by atoms with Crippen molar-refractivity contribution >= 4 is 29.3 Å². The third kappa shape index (κ3) is 3.94. The molecule has 6 heteroatoms. The average molecular weight is 321 g/mol. The molecule has 1 aromatic rings. The van der Waals surface area contributed by atoms with Gasteiger partial charge in [0.1, 0.15) is 6.04 Å². The molecule has 5 nitrogen and oxygen atoms in total. The Labute approximate surface area is 136 Å². The summed E-state index contributed by atoms with van der Waals surface area (Å²) in [6, 6.07) is 7.74. The number of carbonyl (C=O) groups excluding carboxylic acids is 2. The summed E-state index contributed by atoms with van der Waals surface area (Å²) in [6.45, 7) is 2.31. The van der Waals surface area contributed by atoms with E-state index in [1.54, 1.807) is 16.7 Å². The highest BCUT2D eigenvalue weighted by atomic mass is 32.2. The number of benzene rings is 1. The van der Waals surface area contributed by atoms with Gasteiger partial charge in [-0.15, -0.1) is 11.8 Å². The van der Waals surface area contributed by atoms with Crippen LogP contribution in [0.1, 0.15) is 18.9 Å². The van der Waals surface area contributed by atoms with Crippen molar-refractivity contribution in [3.05, 3.63) is 29.8 Å². The molecule has 0 spiro atoms. The lowest BCUT2D eigenvalue weighted by Gasteiger charge is -2.22. The first kappa shape index (κ1) is 16.7. The van der Waals surface area contributed by atoms with Crippen molar-refractivity contribution in [2.45, 2.75) is 25.9 Å². The quantitative estimate of drug-likeness (QED) is 0.896. The second kappa shape index (κ2) is 7.54. The third-order valence-electron chi connectivity index (χ3n) is 3.73. The van der Waals surface area contributed by atoms with E-state index in [2.05, 4.69) is 5.32 Å². The SMILES string of the molecule is CCC(=O)N1CSC[C@H]1C(=O)NCc1ccc(N(C)C)cc1. The zero-order valence-electron chi connectivity index (χ0n) is 13.3. The molecule has 1 aromatic carbocycles. The fourth-order valence-electron chi connectivity index (χ4n) is 2.33. The van der Waals surface area contributed by atoms with E-state index in [0.29, 0.717) is 24.6 Å². The lowest BCUT2D eigenvalue weighted by molar-refractivity contribution is -0.137.